The molecule has 13 heavy (non-hydrogen) atoms. The maximum atomic E-state index is 10.3. The fourth-order valence-corrected chi connectivity index (χ4v) is 1.31. The molecule has 0 spiro atoms. The van der Waals surface area contributed by atoms with E-state index in [9.17, 15) is 4.79 Å². The molecule has 1 N–H and O–H groups in total. The molecule has 0 radical (unpaired) electrons. The largest absolute Gasteiger partial charge is 0.481 e. The number of aromatic nitrogens is 2. The molecule has 1 aromatic heterocycles. The van der Waals surface area contributed by atoms with E-state index >= 15 is 0 Å². The second-order valence-electron chi connectivity index (χ2n) is 3.42. The van der Waals surface area contributed by atoms with Crippen LogP contribution in [-0.4, -0.2) is 20.9 Å². The molecular formula is C9H12N2O2. The quantitative estimate of drug-likeness (QED) is 0.758. The zero-order valence-corrected chi connectivity index (χ0v) is 7.31. The van der Waals surface area contributed by atoms with Crippen molar-refractivity contribution in [2.45, 2.75) is 31.7 Å². The monoisotopic (exact) mass is 180 g/mol. The lowest BCUT2D eigenvalue weighted by Gasteiger charge is -1.96. The summed E-state index contributed by atoms with van der Waals surface area (Å²) in [6, 6.07) is 1.99. The van der Waals surface area contributed by atoms with E-state index < -0.39 is 5.97 Å². The summed E-state index contributed by atoms with van der Waals surface area (Å²) >= 11 is 0. The van der Waals surface area contributed by atoms with Crippen LogP contribution in [0.5, 0.6) is 0 Å². The van der Waals surface area contributed by atoms with Crippen molar-refractivity contribution >= 4 is 5.97 Å². The molecule has 1 aliphatic rings. The highest BCUT2D eigenvalue weighted by molar-refractivity contribution is 5.66. The van der Waals surface area contributed by atoms with E-state index in [1.807, 2.05) is 12.3 Å². The van der Waals surface area contributed by atoms with Gasteiger partial charge in [-0.2, -0.15) is 5.10 Å². The maximum Gasteiger partial charge on any atom is 0.305 e. The molecule has 0 aliphatic heterocycles. The molecule has 4 nitrogen and oxygen atoms in total. The summed E-state index contributed by atoms with van der Waals surface area (Å²) in [6.07, 6.45) is 4.47. The van der Waals surface area contributed by atoms with E-state index in [4.69, 9.17) is 5.11 Å². The van der Waals surface area contributed by atoms with E-state index in [0.29, 0.717) is 12.5 Å². The zero-order valence-electron chi connectivity index (χ0n) is 7.31. The Morgan fingerprint density at radius 3 is 3.08 bits per heavy atom. The summed E-state index contributed by atoms with van der Waals surface area (Å²) in [6.45, 7) is 0.474. The standard InChI is InChI=1S/C9H12N2O2/c12-9(13)4-6-11-5-3-8(10-11)7-1-2-7/h3,5,7H,1-2,4,6H2,(H,12,13). The van der Waals surface area contributed by atoms with Gasteiger partial charge in [-0.3, -0.25) is 9.48 Å². The predicted molar refractivity (Wildman–Crippen MR) is 46.5 cm³/mol. The first-order valence-electron chi connectivity index (χ1n) is 4.51. The van der Waals surface area contributed by atoms with Gasteiger partial charge in [0.2, 0.25) is 0 Å². The van der Waals surface area contributed by atoms with Gasteiger partial charge in [-0.15, -0.1) is 0 Å². The fraction of sp³-hybridized carbons (Fsp3) is 0.556. The number of rotatable bonds is 4. The van der Waals surface area contributed by atoms with Crippen LogP contribution in [0, 0.1) is 0 Å². The van der Waals surface area contributed by atoms with Gasteiger partial charge in [-0.1, -0.05) is 0 Å². The summed E-state index contributed by atoms with van der Waals surface area (Å²) in [5.74, 6) is -0.130. The Morgan fingerprint density at radius 1 is 1.69 bits per heavy atom. The minimum absolute atomic E-state index is 0.145. The first-order valence-corrected chi connectivity index (χ1v) is 4.51. The van der Waals surface area contributed by atoms with Crippen LogP contribution in [0.25, 0.3) is 0 Å². The molecule has 0 aromatic carbocycles. The second-order valence-corrected chi connectivity index (χ2v) is 3.42. The van der Waals surface area contributed by atoms with Crippen molar-refractivity contribution in [3.63, 3.8) is 0 Å². The minimum Gasteiger partial charge on any atom is -0.481 e. The Morgan fingerprint density at radius 2 is 2.46 bits per heavy atom. The normalized spacial score (nSPS) is 16.0. The molecule has 1 saturated carbocycles. The Balaban J connectivity index is 1.92. The Kier molecular flexibility index (Phi) is 2.04. The molecule has 4 heteroatoms. The number of carboxylic acid groups (broad SMARTS) is 1. The predicted octanol–water partition coefficient (Wildman–Crippen LogP) is 1.24. The molecule has 70 valence electrons. The molecule has 0 atom stereocenters. The van der Waals surface area contributed by atoms with Gasteiger partial charge in [-0.05, 0) is 18.9 Å². The van der Waals surface area contributed by atoms with Crippen molar-refractivity contribution in [1.29, 1.82) is 0 Å². The first-order chi connectivity index (χ1) is 6.25. The molecule has 0 bridgehead atoms. The van der Waals surface area contributed by atoms with Crippen LogP contribution in [0.15, 0.2) is 12.3 Å². The van der Waals surface area contributed by atoms with Crippen molar-refractivity contribution in [1.82, 2.24) is 9.78 Å². The van der Waals surface area contributed by atoms with Crippen molar-refractivity contribution in [2.75, 3.05) is 0 Å². The minimum atomic E-state index is -0.775. The third-order valence-corrected chi connectivity index (χ3v) is 2.21. The highest BCUT2D eigenvalue weighted by Gasteiger charge is 2.25. The van der Waals surface area contributed by atoms with E-state index in [-0.39, 0.29) is 6.42 Å². The zero-order chi connectivity index (χ0) is 9.26. The summed E-state index contributed by atoms with van der Waals surface area (Å²) in [5.41, 5.74) is 1.12. The van der Waals surface area contributed by atoms with Gasteiger partial charge in [0.15, 0.2) is 0 Å². The van der Waals surface area contributed by atoms with Crippen LogP contribution >= 0.6 is 0 Å². The fourth-order valence-electron chi connectivity index (χ4n) is 1.31. The molecule has 0 unspecified atom stereocenters. The number of hydrogen-bond donors (Lipinski definition) is 1. The number of hydrogen-bond acceptors (Lipinski definition) is 2. The summed E-state index contributed by atoms with van der Waals surface area (Å²) < 4.78 is 1.71. The van der Waals surface area contributed by atoms with Crippen LogP contribution in [0.3, 0.4) is 0 Å². The lowest BCUT2D eigenvalue weighted by molar-refractivity contribution is -0.137. The van der Waals surface area contributed by atoms with Crippen molar-refractivity contribution < 1.29 is 9.90 Å². The second kappa shape index (κ2) is 3.20. The molecule has 1 aliphatic carbocycles. The van der Waals surface area contributed by atoms with Gasteiger partial charge in [0.1, 0.15) is 0 Å². The SMILES string of the molecule is O=C(O)CCn1ccc(C2CC2)n1. The first kappa shape index (κ1) is 8.29. The van der Waals surface area contributed by atoms with Gasteiger partial charge in [-0.25, -0.2) is 0 Å². The summed E-state index contributed by atoms with van der Waals surface area (Å²) in [4.78, 5) is 10.3. The smallest absolute Gasteiger partial charge is 0.305 e. The van der Waals surface area contributed by atoms with Crippen molar-refractivity contribution in [3.05, 3.63) is 18.0 Å². The van der Waals surface area contributed by atoms with Gasteiger partial charge in [0.05, 0.1) is 18.7 Å². The molecule has 1 fully saturated rings. The van der Waals surface area contributed by atoms with Crippen LogP contribution in [0.2, 0.25) is 0 Å². The topological polar surface area (TPSA) is 55.1 Å². The van der Waals surface area contributed by atoms with E-state index in [1.165, 1.54) is 12.8 Å². The Hall–Kier alpha value is -1.32. The number of carbonyl (C=O) groups is 1. The Bertz CT molecular complexity index is 315. The number of carboxylic acids is 1. The molecule has 0 amide bonds. The average molecular weight is 180 g/mol. The van der Waals surface area contributed by atoms with Gasteiger partial charge >= 0.3 is 5.97 Å². The highest BCUT2D eigenvalue weighted by atomic mass is 16.4. The highest BCUT2D eigenvalue weighted by Crippen LogP contribution is 2.38. The van der Waals surface area contributed by atoms with E-state index in [0.717, 1.165) is 5.69 Å². The Labute approximate surface area is 76.2 Å². The van der Waals surface area contributed by atoms with Crippen LogP contribution in [0.1, 0.15) is 30.9 Å². The van der Waals surface area contributed by atoms with Gasteiger partial charge < -0.3 is 5.11 Å². The third kappa shape index (κ3) is 2.08. The molecule has 1 aromatic rings. The van der Waals surface area contributed by atoms with Crippen LogP contribution in [-0.2, 0) is 11.3 Å². The summed E-state index contributed by atoms with van der Waals surface area (Å²) in [5, 5.41) is 12.8. The molecule has 1 heterocycles. The lowest BCUT2D eigenvalue weighted by Crippen LogP contribution is -2.05. The van der Waals surface area contributed by atoms with Crippen molar-refractivity contribution in [2.24, 2.45) is 0 Å². The van der Waals surface area contributed by atoms with Crippen LogP contribution < -0.4 is 0 Å². The summed E-state index contributed by atoms with van der Waals surface area (Å²) in [7, 11) is 0. The number of nitrogens with zero attached hydrogens (tertiary/aromatic N) is 2. The van der Waals surface area contributed by atoms with Crippen LogP contribution in [0.4, 0.5) is 0 Å². The molecule has 2 rings (SSSR count). The van der Waals surface area contributed by atoms with E-state index in [2.05, 4.69) is 5.10 Å². The lowest BCUT2D eigenvalue weighted by atomic mass is 10.3. The number of aliphatic carboxylic acids is 1. The maximum absolute atomic E-state index is 10.3. The van der Waals surface area contributed by atoms with E-state index in [1.54, 1.807) is 4.68 Å². The van der Waals surface area contributed by atoms with Crippen molar-refractivity contribution in [3.8, 4) is 0 Å². The van der Waals surface area contributed by atoms with Gasteiger partial charge in [0, 0.05) is 12.1 Å². The molecule has 0 saturated heterocycles. The molecular weight excluding hydrogens is 168 g/mol. The third-order valence-electron chi connectivity index (χ3n) is 2.21. The van der Waals surface area contributed by atoms with Gasteiger partial charge in [0.25, 0.3) is 0 Å². The number of aryl methyl sites for hydroxylation is 1. The average Bonchev–Trinajstić information content (AvgIpc) is 2.83.